The lowest BCUT2D eigenvalue weighted by atomic mass is 10.1. The summed E-state index contributed by atoms with van der Waals surface area (Å²) in [6, 6.07) is -0.569. The maximum absolute atomic E-state index is 11.8. The molecule has 1 heterocycles. The number of rotatable bonds is 2. The molecule has 1 aliphatic heterocycles. The molecule has 1 fully saturated rings. The van der Waals surface area contributed by atoms with Gasteiger partial charge < -0.3 is 10.3 Å². The van der Waals surface area contributed by atoms with Crippen LogP contribution in [0.2, 0.25) is 0 Å². The molecular weight excluding hydrogens is 222 g/mol. The topological polar surface area (TPSA) is 83.0 Å². The van der Waals surface area contributed by atoms with Crippen LogP contribution in [0.3, 0.4) is 0 Å². The van der Waals surface area contributed by atoms with Crippen molar-refractivity contribution < 1.29 is 19.1 Å². The first-order valence-corrected chi connectivity index (χ1v) is 5.56. The third-order valence-electron chi connectivity index (χ3n) is 2.39. The first kappa shape index (κ1) is 13.4. The van der Waals surface area contributed by atoms with Gasteiger partial charge in [-0.15, -0.1) is 0 Å². The van der Waals surface area contributed by atoms with Gasteiger partial charge >= 0.3 is 12.3 Å². The van der Waals surface area contributed by atoms with E-state index < -0.39 is 17.7 Å². The summed E-state index contributed by atoms with van der Waals surface area (Å²) in [7, 11) is 0. The molecule has 0 aromatic carbocycles. The van der Waals surface area contributed by atoms with E-state index in [4.69, 9.17) is 10.3 Å². The second kappa shape index (κ2) is 5.10. The molecule has 6 heteroatoms. The molecule has 6 nitrogen and oxygen atoms in total. The molecule has 1 saturated heterocycles. The number of ether oxygens (including phenoxy) is 1. The first-order valence-electron chi connectivity index (χ1n) is 5.56. The van der Waals surface area contributed by atoms with E-state index in [1.807, 2.05) is 0 Å². The Bertz CT molecular complexity index is 367. The summed E-state index contributed by atoms with van der Waals surface area (Å²) in [6.45, 7) is 5.80. The van der Waals surface area contributed by atoms with Crippen molar-refractivity contribution in [3.63, 3.8) is 0 Å². The molecule has 0 aliphatic carbocycles. The third kappa shape index (κ3) is 3.67. The minimum absolute atomic E-state index is 0.379. The summed E-state index contributed by atoms with van der Waals surface area (Å²) < 4.78 is 5.21. The van der Waals surface area contributed by atoms with Crippen molar-refractivity contribution in [1.29, 1.82) is 0 Å². The number of carbonyl (C=O) groups is 2. The highest BCUT2D eigenvalue weighted by Gasteiger charge is 2.37. The predicted octanol–water partition coefficient (Wildman–Crippen LogP) is 1.26. The zero-order valence-corrected chi connectivity index (χ0v) is 10.3. The Morgan fingerprint density at radius 3 is 2.65 bits per heavy atom. The highest BCUT2D eigenvalue weighted by Crippen LogP contribution is 2.20. The largest absolute Gasteiger partial charge is 0.444 e. The van der Waals surface area contributed by atoms with Gasteiger partial charge in [0.2, 0.25) is 0 Å². The molecule has 1 atom stereocenters. The Morgan fingerprint density at radius 2 is 2.12 bits per heavy atom. The van der Waals surface area contributed by atoms with Gasteiger partial charge in [-0.25, -0.2) is 4.79 Å². The van der Waals surface area contributed by atoms with Gasteiger partial charge in [0, 0.05) is 6.54 Å². The van der Waals surface area contributed by atoms with Gasteiger partial charge in [0.15, 0.2) is 0 Å². The van der Waals surface area contributed by atoms with E-state index in [0.717, 1.165) is 12.6 Å². The first-order chi connectivity index (χ1) is 7.85. The summed E-state index contributed by atoms with van der Waals surface area (Å²) in [5, 5.41) is 0. The number of nitrogens with zero attached hydrogens (tertiary/aromatic N) is 3. The fourth-order valence-electron chi connectivity index (χ4n) is 1.74. The van der Waals surface area contributed by atoms with Crippen LogP contribution in [0, 0.1) is 0 Å². The van der Waals surface area contributed by atoms with Gasteiger partial charge in [-0.2, -0.15) is 4.79 Å². The van der Waals surface area contributed by atoms with Crippen LogP contribution in [0.25, 0.3) is 5.53 Å². The molecule has 0 spiro atoms. The standard InChI is InChI=1S/C11H17N3O3/c1-11(2,3)17-10(16)14-6-4-5-8(14)9(15)7-13-12/h7-8H,4-6H2,1-3H3/t8-/m1/s1. The molecule has 1 rings (SSSR count). The Labute approximate surface area is 100 Å². The van der Waals surface area contributed by atoms with Crippen LogP contribution in [0.4, 0.5) is 4.79 Å². The minimum Gasteiger partial charge on any atom is -0.444 e. The Hall–Kier alpha value is -1.68. The molecule has 0 radical (unpaired) electrons. The second-order valence-corrected chi connectivity index (χ2v) is 4.98. The molecule has 17 heavy (non-hydrogen) atoms. The van der Waals surface area contributed by atoms with Crippen LogP contribution in [0.5, 0.6) is 0 Å². The molecule has 0 unspecified atom stereocenters. The van der Waals surface area contributed by atoms with Crippen molar-refractivity contribution in [2.75, 3.05) is 6.54 Å². The van der Waals surface area contributed by atoms with Crippen molar-refractivity contribution >= 4 is 18.1 Å². The monoisotopic (exact) mass is 239 g/mol. The average molecular weight is 239 g/mol. The number of Topliss-reactive ketones (excluding diaryl/α,β-unsaturated/α-hetero) is 1. The molecule has 0 saturated carbocycles. The van der Waals surface area contributed by atoms with Crippen molar-refractivity contribution in [1.82, 2.24) is 4.90 Å². The van der Waals surface area contributed by atoms with E-state index in [1.165, 1.54) is 4.90 Å². The molecule has 0 aromatic rings. The van der Waals surface area contributed by atoms with E-state index >= 15 is 0 Å². The lowest BCUT2D eigenvalue weighted by Gasteiger charge is -2.26. The fraction of sp³-hybridized carbons (Fsp3) is 0.727. The van der Waals surface area contributed by atoms with Crippen molar-refractivity contribution in [3.8, 4) is 0 Å². The van der Waals surface area contributed by atoms with Crippen LogP contribution in [-0.4, -0.2) is 46.0 Å². The van der Waals surface area contributed by atoms with Crippen LogP contribution in [0.15, 0.2) is 0 Å². The summed E-state index contributed by atoms with van der Waals surface area (Å²) in [6.07, 6.45) is 1.64. The van der Waals surface area contributed by atoms with Crippen LogP contribution in [0.1, 0.15) is 33.6 Å². The Morgan fingerprint density at radius 1 is 1.47 bits per heavy atom. The molecule has 0 N–H and O–H groups in total. The van der Waals surface area contributed by atoms with Gasteiger partial charge in [0.25, 0.3) is 5.78 Å². The minimum atomic E-state index is -0.585. The summed E-state index contributed by atoms with van der Waals surface area (Å²) in [4.78, 5) is 27.5. The van der Waals surface area contributed by atoms with E-state index in [9.17, 15) is 9.59 Å². The lowest BCUT2D eigenvalue weighted by molar-refractivity contribution is -0.120. The number of hydrogen-bond donors (Lipinski definition) is 0. The van der Waals surface area contributed by atoms with E-state index in [-0.39, 0.29) is 5.78 Å². The maximum atomic E-state index is 11.8. The molecule has 0 bridgehead atoms. The zero-order valence-electron chi connectivity index (χ0n) is 10.3. The van der Waals surface area contributed by atoms with Crippen LogP contribution < -0.4 is 0 Å². The molecular formula is C11H17N3O3. The highest BCUT2D eigenvalue weighted by molar-refractivity contribution is 6.28. The van der Waals surface area contributed by atoms with Crippen LogP contribution in [-0.2, 0) is 9.53 Å². The SMILES string of the molecule is CC(C)(C)OC(=O)N1CCC[C@@H]1C(=O)C=[N+]=[N-]. The van der Waals surface area contributed by atoms with Crippen molar-refractivity contribution in [2.24, 2.45) is 0 Å². The summed E-state index contributed by atoms with van der Waals surface area (Å²) >= 11 is 0. The average Bonchev–Trinajstić information content (AvgIpc) is 2.63. The number of hydrogen-bond acceptors (Lipinski definition) is 3. The third-order valence-corrected chi connectivity index (χ3v) is 2.39. The van der Waals surface area contributed by atoms with Gasteiger partial charge in [0.05, 0.1) is 0 Å². The molecule has 1 amide bonds. The normalized spacial score (nSPS) is 19.7. The van der Waals surface area contributed by atoms with Gasteiger partial charge in [-0.05, 0) is 33.6 Å². The number of likely N-dealkylation sites (tertiary alicyclic amines) is 1. The summed E-state index contributed by atoms with van der Waals surface area (Å²) in [5.41, 5.74) is 7.74. The van der Waals surface area contributed by atoms with Gasteiger partial charge in [-0.3, -0.25) is 9.69 Å². The van der Waals surface area contributed by atoms with Crippen molar-refractivity contribution in [3.05, 3.63) is 5.53 Å². The Kier molecular flexibility index (Phi) is 4.02. The molecule has 0 aromatic heterocycles. The van der Waals surface area contributed by atoms with E-state index in [1.54, 1.807) is 20.8 Å². The van der Waals surface area contributed by atoms with Gasteiger partial charge in [0.1, 0.15) is 11.6 Å². The zero-order chi connectivity index (χ0) is 13.1. The fourth-order valence-corrected chi connectivity index (χ4v) is 1.74. The molecule has 94 valence electrons. The number of ketones is 1. The highest BCUT2D eigenvalue weighted by atomic mass is 16.6. The number of carbonyl (C=O) groups excluding carboxylic acids is 2. The van der Waals surface area contributed by atoms with Crippen molar-refractivity contribution in [2.45, 2.75) is 45.3 Å². The van der Waals surface area contributed by atoms with Crippen LogP contribution >= 0.6 is 0 Å². The predicted molar refractivity (Wildman–Crippen MR) is 60.7 cm³/mol. The van der Waals surface area contributed by atoms with E-state index in [0.29, 0.717) is 13.0 Å². The lowest BCUT2D eigenvalue weighted by Crippen LogP contribution is -2.43. The smallest absolute Gasteiger partial charge is 0.410 e. The Balaban J connectivity index is 2.72. The second-order valence-electron chi connectivity index (χ2n) is 4.98. The molecule has 1 aliphatic rings. The number of amides is 1. The van der Waals surface area contributed by atoms with E-state index in [2.05, 4.69) is 4.79 Å². The quantitative estimate of drug-likeness (QED) is 0.413. The maximum Gasteiger partial charge on any atom is 0.410 e. The van der Waals surface area contributed by atoms with Gasteiger partial charge in [-0.1, -0.05) is 0 Å². The summed E-state index contributed by atoms with van der Waals surface area (Å²) in [5.74, 6) is -0.379.